The summed E-state index contributed by atoms with van der Waals surface area (Å²) in [5.74, 6) is 0. The Morgan fingerprint density at radius 3 is 2.68 bits per heavy atom. The van der Waals surface area contributed by atoms with E-state index in [2.05, 4.69) is 70.6 Å². The molecule has 0 spiro atoms. The monoisotopic (exact) mass is 316 g/mol. The number of rotatable bonds is 2. The van der Waals surface area contributed by atoms with Crippen LogP contribution in [0.1, 0.15) is 35.2 Å². The van der Waals surface area contributed by atoms with Gasteiger partial charge in [-0.1, -0.05) is 46.3 Å². The molecule has 19 heavy (non-hydrogen) atoms. The minimum absolute atomic E-state index is 0.140. The van der Waals surface area contributed by atoms with Crippen molar-refractivity contribution >= 4 is 21.6 Å². The fourth-order valence-electron chi connectivity index (χ4n) is 2.75. The molecule has 0 saturated carbocycles. The molecule has 0 aliphatic heterocycles. The minimum atomic E-state index is 0.140. The van der Waals surface area contributed by atoms with Gasteiger partial charge in [0.2, 0.25) is 0 Å². The smallest absolute Gasteiger partial charge is 0.0535 e. The summed E-state index contributed by atoms with van der Waals surface area (Å²) < 4.78 is 1.09. The summed E-state index contributed by atoms with van der Waals surface area (Å²) in [5.41, 5.74) is 11.2. The minimum Gasteiger partial charge on any atom is -0.378 e. The van der Waals surface area contributed by atoms with E-state index in [1.807, 2.05) is 0 Å². The molecule has 2 aromatic rings. The molecule has 0 aromatic heterocycles. The largest absolute Gasteiger partial charge is 0.378 e. The van der Waals surface area contributed by atoms with E-state index in [4.69, 9.17) is 5.73 Å². The van der Waals surface area contributed by atoms with E-state index in [0.717, 1.165) is 10.9 Å². The van der Waals surface area contributed by atoms with Gasteiger partial charge in [-0.3, -0.25) is 0 Å². The number of hydrogen-bond acceptors (Lipinski definition) is 2. The van der Waals surface area contributed by atoms with Gasteiger partial charge in [-0.05, 0) is 42.2 Å². The van der Waals surface area contributed by atoms with Crippen LogP contribution >= 0.6 is 15.9 Å². The lowest BCUT2D eigenvalue weighted by molar-refractivity contribution is 0.648. The van der Waals surface area contributed by atoms with Crippen molar-refractivity contribution in [2.24, 2.45) is 5.73 Å². The molecule has 2 nitrogen and oxygen atoms in total. The second-order valence-corrected chi connectivity index (χ2v) is 6.04. The van der Waals surface area contributed by atoms with Crippen LogP contribution < -0.4 is 11.1 Å². The normalized spacial score (nSPS) is 21.2. The van der Waals surface area contributed by atoms with Crippen LogP contribution in [0.25, 0.3) is 0 Å². The van der Waals surface area contributed by atoms with E-state index >= 15 is 0 Å². The van der Waals surface area contributed by atoms with Crippen molar-refractivity contribution in [3.8, 4) is 0 Å². The van der Waals surface area contributed by atoms with Gasteiger partial charge in [-0.25, -0.2) is 0 Å². The van der Waals surface area contributed by atoms with Crippen molar-refractivity contribution in [3.05, 3.63) is 63.6 Å². The molecule has 0 radical (unpaired) electrons. The van der Waals surface area contributed by atoms with Crippen LogP contribution in [0.5, 0.6) is 0 Å². The van der Waals surface area contributed by atoms with Crippen LogP contribution in [0.15, 0.2) is 46.9 Å². The predicted molar refractivity (Wildman–Crippen MR) is 83.2 cm³/mol. The zero-order valence-electron chi connectivity index (χ0n) is 10.9. The van der Waals surface area contributed by atoms with E-state index in [1.165, 1.54) is 22.4 Å². The van der Waals surface area contributed by atoms with Crippen molar-refractivity contribution < 1.29 is 0 Å². The first-order valence-electron chi connectivity index (χ1n) is 6.52. The molecule has 2 atom stereocenters. The summed E-state index contributed by atoms with van der Waals surface area (Å²) in [7, 11) is 0. The van der Waals surface area contributed by atoms with Gasteiger partial charge in [0.25, 0.3) is 0 Å². The summed E-state index contributed by atoms with van der Waals surface area (Å²) in [6, 6.07) is 15.2. The number of halogens is 1. The van der Waals surface area contributed by atoms with Crippen LogP contribution in [-0.4, -0.2) is 0 Å². The van der Waals surface area contributed by atoms with Crippen molar-refractivity contribution in [1.82, 2.24) is 0 Å². The Hall–Kier alpha value is -1.32. The summed E-state index contributed by atoms with van der Waals surface area (Å²) in [6.45, 7) is 2.12. The molecule has 0 bridgehead atoms. The maximum Gasteiger partial charge on any atom is 0.0535 e. The number of nitrogens with one attached hydrogen (secondary N) is 1. The highest BCUT2D eigenvalue weighted by atomic mass is 79.9. The second kappa shape index (κ2) is 4.99. The Morgan fingerprint density at radius 1 is 1.16 bits per heavy atom. The second-order valence-electron chi connectivity index (χ2n) is 5.13. The average Bonchev–Trinajstić information content (AvgIpc) is 2.72. The average molecular weight is 317 g/mol. The summed E-state index contributed by atoms with van der Waals surface area (Å²) >= 11 is 3.52. The number of nitrogens with two attached hydrogens (primary N) is 1. The summed E-state index contributed by atoms with van der Waals surface area (Å²) in [6.07, 6.45) is 0.950. The molecule has 2 unspecified atom stereocenters. The lowest BCUT2D eigenvalue weighted by atomic mass is 10.1. The maximum absolute atomic E-state index is 6.21. The van der Waals surface area contributed by atoms with E-state index in [0.29, 0.717) is 6.04 Å². The summed E-state index contributed by atoms with van der Waals surface area (Å²) in [4.78, 5) is 0. The maximum atomic E-state index is 6.21. The van der Waals surface area contributed by atoms with Gasteiger partial charge in [-0.15, -0.1) is 0 Å². The first kappa shape index (κ1) is 12.7. The molecule has 3 heteroatoms. The number of hydrogen-bond donors (Lipinski definition) is 2. The van der Waals surface area contributed by atoms with Crippen LogP contribution in [0, 0.1) is 6.92 Å². The molecule has 98 valence electrons. The Balaban J connectivity index is 1.91. The topological polar surface area (TPSA) is 38.0 Å². The molecule has 2 aromatic carbocycles. The molecule has 3 rings (SSSR count). The van der Waals surface area contributed by atoms with Crippen molar-refractivity contribution in [2.75, 3.05) is 5.32 Å². The molecule has 0 fully saturated rings. The van der Waals surface area contributed by atoms with Gasteiger partial charge >= 0.3 is 0 Å². The Kier molecular flexibility index (Phi) is 3.33. The third-order valence-electron chi connectivity index (χ3n) is 3.79. The van der Waals surface area contributed by atoms with Crippen LogP contribution in [0.2, 0.25) is 0 Å². The highest BCUT2D eigenvalue weighted by Crippen LogP contribution is 2.39. The van der Waals surface area contributed by atoms with Crippen LogP contribution in [0.4, 0.5) is 5.69 Å². The van der Waals surface area contributed by atoms with Gasteiger partial charge in [0.15, 0.2) is 0 Å². The van der Waals surface area contributed by atoms with Gasteiger partial charge in [-0.2, -0.15) is 0 Å². The van der Waals surface area contributed by atoms with Crippen LogP contribution in [-0.2, 0) is 0 Å². The van der Waals surface area contributed by atoms with Crippen LogP contribution in [0.3, 0.4) is 0 Å². The number of anilines is 1. The number of fused-ring (bicyclic) bond motifs is 1. The predicted octanol–water partition coefficient (Wildman–Crippen LogP) is 4.31. The van der Waals surface area contributed by atoms with E-state index in [1.54, 1.807) is 0 Å². The Morgan fingerprint density at radius 2 is 1.89 bits per heavy atom. The SMILES string of the molecule is Cc1ccc(Br)cc1NC1CC(N)c2ccccc21. The Labute approximate surface area is 122 Å². The zero-order valence-corrected chi connectivity index (χ0v) is 12.4. The molecule has 0 saturated heterocycles. The fourth-order valence-corrected chi connectivity index (χ4v) is 3.11. The lowest BCUT2D eigenvalue weighted by Gasteiger charge is -2.17. The summed E-state index contributed by atoms with van der Waals surface area (Å²) in [5, 5.41) is 3.63. The molecule has 0 amide bonds. The zero-order chi connectivity index (χ0) is 13.4. The van der Waals surface area contributed by atoms with Gasteiger partial charge < -0.3 is 11.1 Å². The fraction of sp³-hybridized carbons (Fsp3) is 0.250. The van der Waals surface area contributed by atoms with E-state index < -0.39 is 0 Å². The number of benzene rings is 2. The molecule has 1 aliphatic rings. The highest BCUT2D eigenvalue weighted by molar-refractivity contribution is 9.10. The standard InChI is InChI=1S/C16H17BrN2/c1-10-6-7-11(17)8-15(10)19-16-9-14(18)12-4-2-3-5-13(12)16/h2-8,14,16,19H,9,18H2,1H3. The third-order valence-corrected chi connectivity index (χ3v) is 4.28. The highest BCUT2D eigenvalue weighted by Gasteiger charge is 2.28. The first-order chi connectivity index (χ1) is 9.15. The quantitative estimate of drug-likeness (QED) is 0.866. The van der Waals surface area contributed by atoms with Gasteiger partial charge in [0.1, 0.15) is 0 Å². The van der Waals surface area contributed by atoms with Crippen molar-refractivity contribution in [1.29, 1.82) is 0 Å². The molecular formula is C16H17BrN2. The first-order valence-corrected chi connectivity index (χ1v) is 7.31. The third kappa shape index (κ3) is 2.40. The molecule has 3 N–H and O–H groups in total. The molecular weight excluding hydrogens is 300 g/mol. The van der Waals surface area contributed by atoms with E-state index in [9.17, 15) is 0 Å². The van der Waals surface area contributed by atoms with Crippen molar-refractivity contribution in [2.45, 2.75) is 25.4 Å². The Bertz CT molecular complexity index is 609. The molecule has 1 aliphatic carbocycles. The molecule has 0 heterocycles. The number of aryl methyl sites for hydroxylation is 1. The van der Waals surface area contributed by atoms with Crippen molar-refractivity contribution in [3.63, 3.8) is 0 Å². The van der Waals surface area contributed by atoms with Gasteiger partial charge in [0, 0.05) is 16.2 Å². The lowest BCUT2D eigenvalue weighted by Crippen LogP contribution is -2.10. The van der Waals surface area contributed by atoms with Gasteiger partial charge in [0.05, 0.1) is 6.04 Å². The van der Waals surface area contributed by atoms with E-state index in [-0.39, 0.29) is 6.04 Å².